The van der Waals surface area contributed by atoms with Gasteiger partial charge in [-0.2, -0.15) is 5.26 Å². The third kappa shape index (κ3) is 5.47. The Morgan fingerprint density at radius 3 is 2.64 bits per heavy atom. The maximum Gasteiger partial charge on any atom is 0.258 e. The standard InChI is InChI=1S/C30H30ClN3O5/c1-3-36-25-14-20(8-11-24(25)38-17-19-6-9-21(31)10-7-19)27-23(15-32)29(33)39-26-13-18(2)34(30(35)28(26)27)16-22-5-4-12-37-22/h6-11,13-14,22,27H,3-5,12,16-17,33H2,1-2H3. The second-order valence-electron chi connectivity index (χ2n) is 9.59. The number of halogens is 1. The quantitative estimate of drug-likeness (QED) is 0.413. The molecule has 0 saturated carbocycles. The zero-order chi connectivity index (χ0) is 27.5. The SMILES string of the molecule is CCOc1cc(C2C(C#N)=C(N)Oc3cc(C)n(CC4CCCO4)c(=O)c32)ccc1OCc1ccc(Cl)cc1. The minimum Gasteiger partial charge on any atom is -0.490 e. The molecule has 0 aliphatic carbocycles. The summed E-state index contributed by atoms with van der Waals surface area (Å²) in [7, 11) is 0. The summed E-state index contributed by atoms with van der Waals surface area (Å²) in [6, 6.07) is 16.8. The van der Waals surface area contributed by atoms with Crippen LogP contribution < -0.4 is 25.5 Å². The van der Waals surface area contributed by atoms with E-state index in [4.69, 9.17) is 36.3 Å². The zero-order valence-corrected chi connectivity index (χ0v) is 22.7. The van der Waals surface area contributed by atoms with Crippen LogP contribution in [-0.2, 0) is 17.9 Å². The van der Waals surface area contributed by atoms with E-state index in [1.165, 1.54) is 0 Å². The molecule has 0 bridgehead atoms. The minimum absolute atomic E-state index is 0.0216. The molecule has 0 radical (unpaired) electrons. The van der Waals surface area contributed by atoms with Crippen molar-refractivity contribution in [2.75, 3.05) is 13.2 Å². The first-order chi connectivity index (χ1) is 18.9. The molecule has 2 atom stereocenters. The number of hydrogen-bond acceptors (Lipinski definition) is 7. The molecule has 8 nitrogen and oxygen atoms in total. The first kappa shape index (κ1) is 26.7. The molecule has 5 rings (SSSR count). The number of fused-ring (bicyclic) bond motifs is 1. The molecule has 3 aromatic rings. The molecular weight excluding hydrogens is 518 g/mol. The van der Waals surface area contributed by atoms with Gasteiger partial charge >= 0.3 is 0 Å². The van der Waals surface area contributed by atoms with Gasteiger partial charge in [0, 0.05) is 23.4 Å². The number of ether oxygens (including phenoxy) is 4. The van der Waals surface area contributed by atoms with E-state index in [2.05, 4.69) is 6.07 Å². The largest absolute Gasteiger partial charge is 0.490 e. The van der Waals surface area contributed by atoms with Crippen molar-refractivity contribution in [3.63, 3.8) is 0 Å². The van der Waals surface area contributed by atoms with E-state index < -0.39 is 5.92 Å². The Hall–Kier alpha value is -3.93. The average Bonchev–Trinajstić information content (AvgIpc) is 3.44. The van der Waals surface area contributed by atoms with Crippen LogP contribution >= 0.6 is 11.6 Å². The molecule has 2 aliphatic rings. The Bertz CT molecular complexity index is 1500. The van der Waals surface area contributed by atoms with Crippen LogP contribution in [0.2, 0.25) is 5.02 Å². The Kier molecular flexibility index (Phi) is 7.82. The smallest absolute Gasteiger partial charge is 0.258 e. The predicted octanol–water partition coefficient (Wildman–Crippen LogP) is 5.19. The second kappa shape index (κ2) is 11.4. The average molecular weight is 548 g/mol. The van der Waals surface area contributed by atoms with Crippen molar-refractivity contribution in [3.8, 4) is 23.3 Å². The van der Waals surface area contributed by atoms with E-state index in [1.54, 1.807) is 22.8 Å². The molecule has 1 aromatic heterocycles. The number of nitrogens with zero attached hydrogens (tertiary/aromatic N) is 2. The lowest BCUT2D eigenvalue weighted by Crippen LogP contribution is -2.35. The molecule has 0 amide bonds. The Labute approximate surface area is 232 Å². The number of nitrogens with two attached hydrogens (primary N) is 1. The number of aryl methyl sites for hydroxylation is 1. The lowest BCUT2D eigenvalue weighted by atomic mass is 9.83. The van der Waals surface area contributed by atoms with Crippen molar-refractivity contribution in [2.45, 2.75) is 51.9 Å². The molecule has 39 heavy (non-hydrogen) atoms. The van der Waals surface area contributed by atoms with E-state index in [0.717, 1.165) is 24.1 Å². The van der Waals surface area contributed by atoms with Crippen molar-refractivity contribution in [3.05, 3.63) is 97.7 Å². The summed E-state index contributed by atoms with van der Waals surface area (Å²) in [6.07, 6.45) is 1.84. The molecule has 2 N–H and O–H groups in total. The van der Waals surface area contributed by atoms with Gasteiger partial charge in [0.05, 0.1) is 30.7 Å². The number of hydrogen-bond donors (Lipinski definition) is 1. The van der Waals surface area contributed by atoms with Crippen LogP contribution in [0.3, 0.4) is 0 Å². The van der Waals surface area contributed by atoms with Crippen LogP contribution in [0.4, 0.5) is 0 Å². The molecular formula is C30H30ClN3O5. The van der Waals surface area contributed by atoms with Crippen LogP contribution in [0.1, 0.15) is 48.1 Å². The molecule has 1 fully saturated rings. The van der Waals surface area contributed by atoms with Crippen LogP contribution in [0, 0.1) is 18.3 Å². The third-order valence-electron chi connectivity index (χ3n) is 7.01. The highest BCUT2D eigenvalue weighted by atomic mass is 35.5. The highest BCUT2D eigenvalue weighted by Gasteiger charge is 2.35. The van der Waals surface area contributed by atoms with E-state index in [1.807, 2.05) is 44.2 Å². The summed E-state index contributed by atoms with van der Waals surface area (Å²) in [5, 5.41) is 10.7. The first-order valence-electron chi connectivity index (χ1n) is 13.0. The number of pyridine rings is 1. The maximum atomic E-state index is 13.9. The van der Waals surface area contributed by atoms with Crippen molar-refractivity contribution < 1.29 is 18.9 Å². The fourth-order valence-electron chi connectivity index (χ4n) is 5.07. The number of benzene rings is 2. The molecule has 3 heterocycles. The highest BCUT2D eigenvalue weighted by Crippen LogP contribution is 2.43. The molecule has 2 unspecified atom stereocenters. The Balaban J connectivity index is 1.55. The summed E-state index contributed by atoms with van der Waals surface area (Å²) in [4.78, 5) is 13.9. The van der Waals surface area contributed by atoms with Crippen LogP contribution in [0.15, 0.2) is 64.8 Å². The lowest BCUT2D eigenvalue weighted by Gasteiger charge is -2.28. The lowest BCUT2D eigenvalue weighted by molar-refractivity contribution is 0.0955. The van der Waals surface area contributed by atoms with Crippen LogP contribution in [0.5, 0.6) is 17.2 Å². The minimum atomic E-state index is -0.730. The van der Waals surface area contributed by atoms with Gasteiger partial charge in [-0.05, 0) is 62.1 Å². The van der Waals surface area contributed by atoms with Gasteiger partial charge in [-0.25, -0.2) is 0 Å². The zero-order valence-electron chi connectivity index (χ0n) is 21.9. The first-order valence-corrected chi connectivity index (χ1v) is 13.3. The summed E-state index contributed by atoms with van der Waals surface area (Å²) in [5.41, 5.74) is 8.86. The van der Waals surface area contributed by atoms with Crippen molar-refractivity contribution in [1.82, 2.24) is 4.57 Å². The summed E-state index contributed by atoms with van der Waals surface area (Å²) < 4.78 is 25.3. The molecule has 2 aromatic carbocycles. The van der Waals surface area contributed by atoms with Gasteiger partial charge in [0.15, 0.2) is 11.5 Å². The predicted molar refractivity (Wildman–Crippen MR) is 147 cm³/mol. The van der Waals surface area contributed by atoms with Gasteiger partial charge in [0.1, 0.15) is 24.0 Å². The van der Waals surface area contributed by atoms with Crippen molar-refractivity contribution in [2.24, 2.45) is 5.73 Å². The van der Waals surface area contributed by atoms with Gasteiger partial charge in [-0.1, -0.05) is 29.8 Å². The molecule has 1 saturated heterocycles. The molecule has 2 aliphatic heterocycles. The van der Waals surface area contributed by atoms with Crippen LogP contribution in [-0.4, -0.2) is 23.9 Å². The monoisotopic (exact) mass is 547 g/mol. The number of aromatic nitrogens is 1. The molecule has 0 spiro atoms. The summed E-state index contributed by atoms with van der Waals surface area (Å²) in [5.74, 6) is 0.639. The maximum absolute atomic E-state index is 13.9. The van der Waals surface area contributed by atoms with E-state index in [0.29, 0.717) is 59.8 Å². The van der Waals surface area contributed by atoms with Gasteiger partial charge < -0.3 is 29.2 Å². The molecule has 9 heteroatoms. The number of nitriles is 1. The van der Waals surface area contributed by atoms with Gasteiger partial charge in [0.25, 0.3) is 5.56 Å². The van der Waals surface area contributed by atoms with Gasteiger partial charge in [0.2, 0.25) is 5.88 Å². The van der Waals surface area contributed by atoms with E-state index in [9.17, 15) is 10.1 Å². The van der Waals surface area contributed by atoms with Crippen molar-refractivity contribution >= 4 is 11.6 Å². The fraction of sp³-hybridized carbons (Fsp3) is 0.333. The van der Waals surface area contributed by atoms with Gasteiger partial charge in [-0.15, -0.1) is 0 Å². The molecule has 202 valence electrons. The summed E-state index contributed by atoms with van der Waals surface area (Å²) in [6.45, 7) is 5.59. The normalized spacial score (nSPS) is 18.3. The second-order valence-corrected chi connectivity index (χ2v) is 10.0. The number of allylic oxidation sites excluding steroid dienone is 1. The third-order valence-corrected chi connectivity index (χ3v) is 7.26. The number of rotatable bonds is 8. The van der Waals surface area contributed by atoms with E-state index in [-0.39, 0.29) is 23.1 Å². The Morgan fingerprint density at radius 1 is 1.15 bits per heavy atom. The fourth-order valence-corrected chi connectivity index (χ4v) is 5.20. The highest BCUT2D eigenvalue weighted by molar-refractivity contribution is 6.30. The summed E-state index contributed by atoms with van der Waals surface area (Å²) >= 11 is 5.99. The Morgan fingerprint density at radius 2 is 1.95 bits per heavy atom. The van der Waals surface area contributed by atoms with Gasteiger partial charge in [-0.3, -0.25) is 4.79 Å². The van der Waals surface area contributed by atoms with E-state index >= 15 is 0 Å². The van der Waals surface area contributed by atoms with Crippen molar-refractivity contribution in [1.29, 1.82) is 5.26 Å². The topological polar surface area (TPSA) is 109 Å². The van der Waals surface area contributed by atoms with Crippen LogP contribution in [0.25, 0.3) is 0 Å².